The van der Waals surface area contributed by atoms with Gasteiger partial charge >= 0.3 is 0 Å². The molecule has 0 saturated carbocycles. The molecular formula is C20H30ClN5O2. The van der Waals surface area contributed by atoms with Gasteiger partial charge in [0.25, 0.3) is 5.91 Å². The molecule has 28 heavy (non-hydrogen) atoms. The van der Waals surface area contributed by atoms with Gasteiger partial charge in [0.15, 0.2) is 5.69 Å². The van der Waals surface area contributed by atoms with E-state index in [1.54, 1.807) is 4.90 Å². The van der Waals surface area contributed by atoms with E-state index >= 15 is 0 Å². The first kappa shape index (κ1) is 20.8. The van der Waals surface area contributed by atoms with E-state index in [1.807, 2.05) is 0 Å². The van der Waals surface area contributed by atoms with E-state index in [4.69, 9.17) is 11.6 Å². The number of carbonyl (C=O) groups excluding carboxylic acids is 2. The Morgan fingerprint density at radius 3 is 2.68 bits per heavy atom. The average molecular weight is 408 g/mol. The van der Waals surface area contributed by atoms with Crippen molar-refractivity contribution in [3.05, 3.63) is 16.9 Å². The summed E-state index contributed by atoms with van der Waals surface area (Å²) < 4.78 is 0. The van der Waals surface area contributed by atoms with E-state index in [-0.39, 0.29) is 28.4 Å². The van der Waals surface area contributed by atoms with Crippen LogP contribution in [0.3, 0.4) is 0 Å². The number of halogens is 1. The van der Waals surface area contributed by atoms with Crippen LogP contribution in [-0.2, 0) is 4.79 Å². The number of anilines is 1. The molecule has 2 saturated heterocycles. The third-order valence-electron chi connectivity index (χ3n) is 5.34. The van der Waals surface area contributed by atoms with Crippen molar-refractivity contribution in [1.82, 2.24) is 20.2 Å². The molecule has 1 aromatic rings. The minimum atomic E-state index is -0.216. The molecule has 0 radical (unpaired) electrons. The monoisotopic (exact) mass is 407 g/mol. The van der Waals surface area contributed by atoms with Crippen molar-refractivity contribution in [3.63, 3.8) is 0 Å². The van der Waals surface area contributed by atoms with E-state index in [9.17, 15) is 9.59 Å². The van der Waals surface area contributed by atoms with Crippen molar-refractivity contribution in [2.45, 2.75) is 46.0 Å². The highest BCUT2D eigenvalue weighted by Crippen LogP contribution is 2.24. The van der Waals surface area contributed by atoms with Crippen LogP contribution in [0.25, 0.3) is 0 Å². The van der Waals surface area contributed by atoms with Gasteiger partial charge in [0.1, 0.15) is 0 Å². The minimum Gasteiger partial charge on any atom is -0.356 e. The summed E-state index contributed by atoms with van der Waals surface area (Å²) in [5.41, 5.74) is 0.237. The maximum atomic E-state index is 13.1. The molecule has 8 heteroatoms. The number of likely N-dealkylation sites (tertiary alicyclic amines) is 1. The standard InChI is InChI=1S/C20H30ClN5O2/c1-14(2)11-22-18(27)15-7-6-10-26(13-15)19(28)17-16(21)12-23-20(24-17)25-8-4-3-5-9-25/h12,14-15H,3-11,13H2,1-2H3,(H,22,27)/t15-/m1/s1. The van der Waals surface area contributed by atoms with Crippen LogP contribution in [0, 0.1) is 11.8 Å². The number of rotatable bonds is 5. The molecule has 1 atom stereocenters. The average Bonchev–Trinajstić information content (AvgIpc) is 2.72. The summed E-state index contributed by atoms with van der Waals surface area (Å²) in [6.07, 6.45) is 6.53. The summed E-state index contributed by atoms with van der Waals surface area (Å²) in [6, 6.07) is 0. The Labute approximate surface area is 171 Å². The first-order valence-corrected chi connectivity index (χ1v) is 10.7. The van der Waals surface area contributed by atoms with Gasteiger partial charge < -0.3 is 15.1 Å². The number of aromatic nitrogens is 2. The molecule has 0 spiro atoms. The summed E-state index contributed by atoms with van der Waals surface area (Å²) in [4.78, 5) is 38.1. The Balaban J connectivity index is 1.69. The number of hydrogen-bond donors (Lipinski definition) is 1. The Morgan fingerprint density at radius 1 is 1.21 bits per heavy atom. The Hall–Kier alpha value is -1.89. The lowest BCUT2D eigenvalue weighted by molar-refractivity contribution is -0.126. The normalized spacial score (nSPS) is 20.4. The maximum absolute atomic E-state index is 13.1. The molecule has 0 aliphatic carbocycles. The highest BCUT2D eigenvalue weighted by molar-refractivity contribution is 6.33. The number of hydrogen-bond acceptors (Lipinski definition) is 5. The molecule has 3 rings (SSSR count). The topological polar surface area (TPSA) is 78.4 Å². The SMILES string of the molecule is CC(C)CNC(=O)[C@@H]1CCCN(C(=O)c2nc(N3CCCCC3)ncc2Cl)C1. The van der Waals surface area contributed by atoms with Crippen LogP contribution < -0.4 is 10.2 Å². The Morgan fingerprint density at radius 2 is 1.96 bits per heavy atom. The van der Waals surface area contributed by atoms with Crippen LogP contribution in [0.4, 0.5) is 5.95 Å². The van der Waals surface area contributed by atoms with Crippen LogP contribution in [0.1, 0.15) is 56.4 Å². The smallest absolute Gasteiger partial charge is 0.274 e. The zero-order chi connectivity index (χ0) is 20.1. The molecule has 1 N–H and O–H groups in total. The molecule has 1 aromatic heterocycles. The van der Waals surface area contributed by atoms with Gasteiger partial charge in [0.05, 0.1) is 17.1 Å². The van der Waals surface area contributed by atoms with Crippen molar-refractivity contribution in [2.75, 3.05) is 37.6 Å². The van der Waals surface area contributed by atoms with Gasteiger partial charge in [-0.15, -0.1) is 0 Å². The third kappa shape index (κ3) is 5.13. The van der Waals surface area contributed by atoms with Crippen LogP contribution in [0.15, 0.2) is 6.20 Å². The molecule has 2 aliphatic heterocycles. The fourth-order valence-electron chi connectivity index (χ4n) is 3.73. The zero-order valence-corrected chi connectivity index (χ0v) is 17.5. The predicted molar refractivity (Wildman–Crippen MR) is 110 cm³/mol. The maximum Gasteiger partial charge on any atom is 0.274 e. The fraction of sp³-hybridized carbons (Fsp3) is 0.700. The first-order chi connectivity index (χ1) is 13.5. The highest BCUT2D eigenvalue weighted by atomic mass is 35.5. The molecule has 2 aliphatic rings. The van der Waals surface area contributed by atoms with Gasteiger partial charge in [-0.2, -0.15) is 0 Å². The molecular weight excluding hydrogens is 378 g/mol. The summed E-state index contributed by atoms with van der Waals surface area (Å²) in [7, 11) is 0. The second-order valence-corrected chi connectivity index (χ2v) is 8.55. The van der Waals surface area contributed by atoms with Crippen molar-refractivity contribution in [3.8, 4) is 0 Å². The van der Waals surface area contributed by atoms with Gasteiger partial charge in [-0.05, 0) is 38.0 Å². The van der Waals surface area contributed by atoms with Crippen LogP contribution in [0.5, 0.6) is 0 Å². The third-order valence-corrected chi connectivity index (χ3v) is 5.61. The van der Waals surface area contributed by atoms with E-state index in [0.717, 1.165) is 38.8 Å². The number of carbonyl (C=O) groups is 2. The summed E-state index contributed by atoms with van der Waals surface area (Å²) in [5, 5.41) is 3.24. The summed E-state index contributed by atoms with van der Waals surface area (Å²) >= 11 is 6.26. The molecule has 0 unspecified atom stereocenters. The minimum absolute atomic E-state index is 0.0222. The van der Waals surface area contributed by atoms with Gasteiger partial charge in [-0.1, -0.05) is 25.4 Å². The molecule has 7 nitrogen and oxygen atoms in total. The van der Waals surface area contributed by atoms with Crippen molar-refractivity contribution >= 4 is 29.4 Å². The molecule has 2 fully saturated rings. The first-order valence-electron chi connectivity index (χ1n) is 10.3. The van der Waals surface area contributed by atoms with Gasteiger partial charge in [0, 0.05) is 32.7 Å². The number of piperidine rings is 2. The fourth-order valence-corrected chi connectivity index (χ4v) is 3.90. The molecule has 3 heterocycles. The van der Waals surface area contributed by atoms with Crippen molar-refractivity contribution < 1.29 is 9.59 Å². The molecule has 0 aromatic carbocycles. The van der Waals surface area contributed by atoms with Crippen LogP contribution in [-0.4, -0.2) is 59.4 Å². The quantitative estimate of drug-likeness (QED) is 0.811. The lowest BCUT2D eigenvalue weighted by Crippen LogP contribution is -2.46. The van der Waals surface area contributed by atoms with E-state index in [2.05, 4.69) is 34.0 Å². The van der Waals surface area contributed by atoms with Gasteiger partial charge in [0.2, 0.25) is 11.9 Å². The Bertz CT molecular complexity index is 706. The number of amides is 2. The van der Waals surface area contributed by atoms with Crippen LogP contribution in [0.2, 0.25) is 5.02 Å². The number of nitrogens with one attached hydrogen (secondary N) is 1. The molecule has 154 valence electrons. The summed E-state index contributed by atoms with van der Waals surface area (Å²) in [5.74, 6) is 0.591. The van der Waals surface area contributed by atoms with Crippen LogP contribution >= 0.6 is 11.6 Å². The summed E-state index contributed by atoms with van der Waals surface area (Å²) in [6.45, 7) is 7.60. The van der Waals surface area contributed by atoms with Crippen molar-refractivity contribution in [2.24, 2.45) is 11.8 Å². The lowest BCUT2D eigenvalue weighted by Gasteiger charge is -2.32. The highest BCUT2D eigenvalue weighted by Gasteiger charge is 2.31. The largest absolute Gasteiger partial charge is 0.356 e. The van der Waals surface area contributed by atoms with E-state index in [1.165, 1.54) is 12.6 Å². The lowest BCUT2D eigenvalue weighted by atomic mass is 9.96. The van der Waals surface area contributed by atoms with E-state index in [0.29, 0.717) is 31.5 Å². The molecule has 0 bridgehead atoms. The second kappa shape index (κ2) is 9.54. The molecule has 2 amide bonds. The van der Waals surface area contributed by atoms with Crippen molar-refractivity contribution in [1.29, 1.82) is 0 Å². The van der Waals surface area contributed by atoms with Gasteiger partial charge in [-0.3, -0.25) is 9.59 Å². The zero-order valence-electron chi connectivity index (χ0n) is 16.8. The number of nitrogens with zero attached hydrogens (tertiary/aromatic N) is 4. The Kier molecular flexibility index (Phi) is 7.10. The second-order valence-electron chi connectivity index (χ2n) is 8.14. The van der Waals surface area contributed by atoms with E-state index < -0.39 is 0 Å². The predicted octanol–water partition coefficient (Wildman–Crippen LogP) is 2.74. The van der Waals surface area contributed by atoms with Gasteiger partial charge in [-0.25, -0.2) is 9.97 Å².